The van der Waals surface area contributed by atoms with E-state index in [1.807, 2.05) is 0 Å². The van der Waals surface area contributed by atoms with Crippen molar-refractivity contribution in [3.05, 3.63) is 0 Å². The second kappa shape index (κ2) is 4.71. The number of amides is 1. The Labute approximate surface area is 95.9 Å². The topological polar surface area (TPSA) is 75.3 Å². The van der Waals surface area contributed by atoms with Gasteiger partial charge in [0.2, 0.25) is 5.91 Å². The molecule has 1 amide bonds. The average Bonchev–Trinajstić information content (AvgIpc) is 2.96. The number of nitrogens with one attached hydrogen (secondary N) is 2. The molecule has 0 aromatic rings. The van der Waals surface area contributed by atoms with Crippen molar-refractivity contribution in [1.82, 2.24) is 10.6 Å². The molecule has 0 aromatic carbocycles. The zero-order valence-corrected chi connectivity index (χ0v) is 10.1. The van der Waals surface area contributed by atoms with E-state index in [9.17, 15) is 13.2 Å². The van der Waals surface area contributed by atoms with Crippen LogP contribution in [0.3, 0.4) is 0 Å². The molecule has 1 aliphatic carbocycles. The third kappa shape index (κ3) is 3.75. The van der Waals surface area contributed by atoms with Gasteiger partial charge in [0.05, 0.1) is 18.1 Å². The van der Waals surface area contributed by atoms with Crippen LogP contribution in [0.2, 0.25) is 0 Å². The van der Waals surface area contributed by atoms with Gasteiger partial charge in [-0.3, -0.25) is 4.79 Å². The molecule has 6 heteroatoms. The molecule has 2 fully saturated rings. The molecule has 2 aliphatic rings. The maximum Gasteiger partial charge on any atom is 0.234 e. The third-order valence-corrected chi connectivity index (χ3v) is 4.78. The normalized spacial score (nSPS) is 28.6. The van der Waals surface area contributed by atoms with E-state index in [0.29, 0.717) is 19.0 Å². The Balaban J connectivity index is 1.72. The average molecular weight is 246 g/mol. The molecule has 2 N–H and O–H groups in total. The fraction of sp³-hybridized carbons (Fsp3) is 0.900. The molecular formula is C10H18N2O3S. The number of rotatable bonds is 4. The maximum absolute atomic E-state index is 11.5. The van der Waals surface area contributed by atoms with Gasteiger partial charge in [-0.1, -0.05) is 0 Å². The number of sulfone groups is 1. The molecule has 5 nitrogen and oxygen atoms in total. The fourth-order valence-corrected chi connectivity index (χ4v) is 3.58. The summed E-state index contributed by atoms with van der Waals surface area (Å²) >= 11 is 0. The van der Waals surface area contributed by atoms with Crippen molar-refractivity contribution in [3.8, 4) is 0 Å². The Morgan fingerprint density at radius 2 is 1.94 bits per heavy atom. The summed E-state index contributed by atoms with van der Waals surface area (Å²) in [5.41, 5.74) is 0. The minimum absolute atomic E-state index is 0.0889. The van der Waals surface area contributed by atoms with Gasteiger partial charge in [-0.25, -0.2) is 8.42 Å². The molecule has 1 aliphatic heterocycles. The molecule has 1 atom stereocenters. The summed E-state index contributed by atoms with van der Waals surface area (Å²) in [5, 5.41) is 5.88. The number of carbonyl (C=O) groups excluding carboxylic acids is 1. The van der Waals surface area contributed by atoms with Gasteiger partial charge in [-0.15, -0.1) is 0 Å². The summed E-state index contributed by atoms with van der Waals surface area (Å²) < 4.78 is 22.7. The minimum atomic E-state index is -2.93. The number of carbonyl (C=O) groups is 1. The highest BCUT2D eigenvalue weighted by Gasteiger charge is 2.26. The van der Waals surface area contributed by atoms with Crippen LogP contribution in [0.4, 0.5) is 0 Å². The van der Waals surface area contributed by atoms with Gasteiger partial charge in [0.25, 0.3) is 0 Å². The monoisotopic (exact) mass is 246 g/mol. The van der Waals surface area contributed by atoms with Gasteiger partial charge in [0, 0.05) is 12.1 Å². The van der Waals surface area contributed by atoms with Crippen LogP contribution in [-0.4, -0.2) is 44.5 Å². The first-order chi connectivity index (χ1) is 7.55. The molecule has 0 aromatic heterocycles. The quantitative estimate of drug-likeness (QED) is 0.697. The molecule has 1 unspecified atom stereocenters. The van der Waals surface area contributed by atoms with Crippen LogP contribution in [0.5, 0.6) is 0 Å². The van der Waals surface area contributed by atoms with Crippen molar-refractivity contribution in [3.63, 3.8) is 0 Å². The second-order valence-electron chi connectivity index (χ2n) is 4.68. The Kier molecular flexibility index (Phi) is 3.49. The molecule has 1 saturated carbocycles. The van der Waals surface area contributed by atoms with Crippen LogP contribution in [0.25, 0.3) is 0 Å². The summed E-state index contributed by atoms with van der Waals surface area (Å²) in [6, 6.07) is 0.313. The van der Waals surface area contributed by atoms with Gasteiger partial charge >= 0.3 is 0 Å². The van der Waals surface area contributed by atoms with E-state index in [2.05, 4.69) is 10.6 Å². The summed E-state index contributed by atoms with van der Waals surface area (Å²) in [6.45, 7) is 0.307. The summed E-state index contributed by atoms with van der Waals surface area (Å²) in [6.07, 6.45) is 3.72. The second-order valence-corrected chi connectivity index (χ2v) is 6.90. The highest BCUT2D eigenvalue weighted by molar-refractivity contribution is 7.91. The molecule has 16 heavy (non-hydrogen) atoms. The lowest BCUT2D eigenvalue weighted by molar-refractivity contribution is -0.120. The SMILES string of the molecule is O=C(CNC1CC1)NC1CCCS(=O)(=O)C1. The molecule has 0 radical (unpaired) electrons. The number of hydrogen-bond donors (Lipinski definition) is 2. The van der Waals surface area contributed by atoms with E-state index in [1.54, 1.807) is 0 Å². The Bertz CT molecular complexity index is 362. The molecule has 1 saturated heterocycles. The lowest BCUT2D eigenvalue weighted by atomic mass is 10.2. The lowest BCUT2D eigenvalue weighted by Crippen LogP contribution is -2.46. The molecular weight excluding hydrogens is 228 g/mol. The minimum Gasteiger partial charge on any atom is -0.351 e. The van der Waals surface area contributed by atoms with Crippen molar-refractivity contribution in [2.24, 2.45) is 0 Å². The molecule has 2 rings (SSSR count). The van der Waals surface area contributed by atoms with Crippen LogP contribution in [0, 0.1) is 0 Å². The maximum atomic E-state index is 11.5. The van der Waals surface area contributed by atoms with E-state index in [1.165, 1.54) is 0 Å². The Morgan fingerprint density at radius 3 is 2.56 bits per heavy atom. The van der Waals surface area contributed by atoms with Crippen LogP contribution in [-0.2, 0) is 14.6 Å². The van der Waals surface area contributed by atoms with Gasteiger partial charge in [-0.2, -0.15) is 0 Å². The van der Waals surface area contributed by atoms with Crippen molar-refractivity contribution >= 4 is 15.7 Å². The Morgan fingerprint density at radius 1 is 1.19 bits per heavy atom. The van der Waals surface area contributed by atoms with E-state index in [4.69, 9.17) is 0 Å². The zero-order chi connectivity index (χ0) is 11.6. The molecule has 92 valence electrons. The fourth-order valence-electron chi connectivity index (χ4n) is 1.94. The predicted octanol–water partition coefficient (Wildman–Crippen LogP) is -0.568. The van der Waals surface area contributed by atoms with E-state index >= 15 is 0 Å². The van der Waals surface area contributed by atoms with Gasteiger partial charge in [-0.05, 0) is 25.7 Å². The standard InChI is InChI=1S/C10H18N2O3S/c13-10(6-11-8-3-4-8)12-9-2-1-5-16(14,15)7-9/h8-9,11H,1-7H2,(H,12,13). The van der Waals surface area contributed by atoms with E-state index in [0.717, 1.165) is 19.3 Å². The van der Waals surface area contributed by atoms with Crippen molar-refractivity contribution in [2.75, 3.05) is 18.1 Å². The zero-order valence-electron chi connectivity index (χ0n) is 9.24. The lowest BCUT2D eigenvalue weighted by Gasteiger charge is -2.23. The highest BCUT2D eigenvalue weighted by Crippen LogP contribution is 2.18. The first-order valence-corrected chi connectivity index (χ1v) is 7.60. The first-order valence-electron chi connectivity index (χ1n) is 5.78. The van der Waals surface area contributed by atoms with Gasteiger partial charge in [0.15, 0.2) is 9.84 Å². The molecule has 0 bridgehead atoms. The Hall–Kier alpha value is -0.620. The van der Waals surface area contributed by atoms with Crippen molar-refractivity contribution in [2.45, 2.75) is 37.8 Å². The van der Waals surface area contributed by atoms with Crippen molar-refractivity contribution in [1.29, 1.82) is 0 Å². The summed E-state index contributed by atoms with van der Waals surface area (Å²) in [5.74, 6) is 0.274. The summed E-state index contributed by atoms with van der Waals surface area (Å²) in [7, 11) is -2.93. The van der Waals surface area contributed by atoms with Crippen LogP contribution >= 0.6 is 0 Å². The smallest absolute Gasteiger partial charge is 0.234 e. The van der Waals surface area contributed by atoms with Crippen LogP contribution in [0.15, 0.2) is 0 Å². The van der Waals surface area contributed by atoms with Gasteiger partial charge in [0.1, 0.15) is 0 Å². The largest absolute Gasteiger partial charge is 0.351 e. The number of hydrogen-bond acceptors (Lipinski definition) is 4. The van der Waals surface area contributed by atoms with E-state index < -0.39 is 9.84 Å². The third-order valence-electron chi connectivity index (χ3n) is 2.96. The molecule has 1 heterocycles. The van der Waals surface area contributed by atoms with Crippen LogP contribution < -0.4 is 10.6 Å². The van der Waals surface area contributed by atoms with Crippen molar-refractivity contribution < 1.29 is 13.2 Å². The van der Waals surface area contributed by atoms with E-state index in [-0.39, 0.29) is 23.5 Å². The highest BCUT2D eigenvalue weighted by atomic mass is 32.2. The predicted molar refractivity (Wildman–Crippen MR) is 60.8 cm³/mol. The molecule has 0 spiro atoms. The van der Waals surface area contributed by atoms with Gasteiger partial charge < -0.3 is 10.6 Å². The summed E-state index contributed by atoms with van der Waals surface area (Å²) in [4.78, 5) is 11.5. The van der Waals surface area contributed by atoms with Crippen LogP contribution in [0.1, 0.15) is 25.7 Å². The first kappa shape index (κ1) is 11.9.